The molecule has 1 aromatic carbocycles. The van der Waals surface area contributed by atoms with Crippen molar-refractivity contribution in [2.75, 3.05) is 13.6 Å². The number of nitrogens with one attached hydrogen (secondary N) is 1. The molecule has 5 heteroatoms. The van der Waals surface area contributed by atoms with Gasteiger partial charge in [0.15, 0.2) is 0 Å². The number of benzene rings is 1. The van der Waals surface area contributed by atoms with E-state index in [1.807, 2.05) is 5.38 Å². The third kappa shape index (κ3) is 5.21. The average molecular weight is 330 g/mol. The van der Waals surface area contributed by atoms with E-state index in [1.54, 1.807) is 23.4 Å². The van der Waals surface area contributed by atoms with Crippen LogP contribution in [0.1, 0.15) is 34.8 Å². The van der Waals surface area contributed by atoms with Gasteiger partial charge in [0, 0.05) is 37.5 Å². The van der Waals surface area contributed by atoms with Gasteiger partial charge in [0.1, 0.15) is 0 Å². The van der Waals surface area contributed by atoms with E-state index < -0.39 is 0 Å². The van der Waals surface area contributed by atoms with Gasteiger partial charge in [-0.15, -0.1) is 0 Å². The standard InChI is InChI=1S/C18H22N2O2S/c1-3-14-4-6-15(7-5-14)12-20(2)17(21)8-10-19-18(22)16-9-11-23-13-16/h4-7,9,11,13H,3,8,10,12H2,1-2H3,(H,19,22). The summed E-state index contributed by atoms with van der Waals surface area (Å²) >= 11 is 1.48. The van der Waals surface area contributed by atoms with Gasteiger partial charge in [-0.05, 0) is 29.0 Å². The molecule has 2 amide bonds. The highest BCUT2D eigenvalue weighted by atomic mass is 32.1. The van der Waals surface area contributed by atoms with Crippen molar-refractivity contribution >= 4 is 23.2 Å². The number of amides is 2. The predicted molar refractivity (Wildman–Crippen MR) is 93.6 cm³/mol. The molecule has 0 fully saturated rings. The Morgan fingerprint density at radius 3 is 2.43 bits per heavy atom. The second-order valence-corrected chi connectivity index (χ2v) is 6.22. The van der Waals surface area contributed by atoms with Crippen LogP contribution in [0.4, 0.5) is 0 Å². The van der Waals surface area contributed by atoms with Gasteiger partial charge >= 0.3 is 0 Å². The summed E-state index contributed by atoms with van der Waals surface area (Å²) in [6.45, 7) is 3.06. The summed E-state index contributed by atoms with van der Waals surface area (Å²) in [5.74, 6) is -0.105. The van der Waals surface area contributed by atoms with Crippen LogP contribution >= 0.6 is 11.3 Å². The fourth-order valence-corrected chi connectivity index (χ4v) is 2.85. The minimum Gasteiger partial charge on any atom is -0.351 e. The molecule has 2 rings (SSSR count). The lowest BCUT2D eigenvalue weighted by molar-refractivity contribution is -0.130. The Bertz CT molecular complexity index is 636. The third-order valence-corrected chi connectivity index (χ3v) is 4.37. The monoisotopic (exact) mass is 330 g/mol. The van der Waals surface area contributed by atoms with Crippen LogP contribution < -0.4 is 5.32 Å². The van der Waals surface area contributed by atoms with Crippen LogP contribution in [0.3, 0.4) is 0 Å². The third-order valence-electron chi connectivity index (χ3n) is 3.68. The van der Waals surface area contributed by atoms with E-state index in [1.165, 1.54) is 16.9 Å². The smallest absolute Gasteiger partial charge is 0.252 e. The first-order chi connectivity index (χ1) is 11.1. The lowest BCUT2D eigenvalue weighted by Crippen LogP contribution is -2.31. The number of carbonyl (C=O) groups excluding carboxylic acids is 2. The molecule has 1 N–H and O–H groups in total. The molecule has 0 unspecified atom stereocenters. The van der Waals surface area contributed by atoms with Crippen molar-refractivity contribution in [3.05, 3.63) is 57.8 Å². The molecule has 0 radical (unpaired) electrons. The maximum absolute atomic E-state index is 12.1. The molecule has 0 aliphatic carbocycles. The highest BCUT2D eigenvalue weighted by Gasteiger charge is 2.11. The van der Waals surface area contributed by atoms with E-state index in [0.29, 0.717) is 25.1 Å². The normalized spacial score (nSPS) is 10.3. The molecule has 122 valence electrons. The number of thiophene rings is 1. The maximum Gasteiger partial charge on any atom is 0.252 e. The summed E-state index contributed by atoms with van der Waals surface area (Å²) in [4.78, 5) is 25.6. The van der Waals surface area contributed by atoms with Crippen molar-refractivity contribution < 1.29 is 9.59 Å². The van der Waals surface area contributed by atoms with E-state index in [-0.39, 0.29) is 11.8 Å². The van der Waals surface area contributed by atoms with Crippen LogP contribution in [-0.4, -0.2) is 30.3 Å². The Balaban J connectivity index is 1.75. The van der Waals surface area contributed by atoms with Crippen LogP contribution in [-0.2, 0) is 17.8 Å². The van der Waals surface area contributed by atoms with Crippen molar-refractivity contribution in [1.82, 2.24) is 10.2 Å². The molecule has 23 heavy (non-hydrogen) atoms. The molecule has 0 aliphatic rings. The van der Waals surface area contributed by atoms with Gasteiger partial charge in [-0.25, -0.2) is 0 Å². The number of rotatable bonds is 7. The number of hydrogen-bond donors (Lipinski definition) is 1. The number of aryl methyl sites for hydroxylation is 1. The van der Waals surface area contributed by atoms with Gasteiger partial charge in [0.2, 0.25) is 5.91 Å². The minimum absolute atomic E-state index is 0.0233. The van der Waals surface area contributed by atoms with Gasteiger partial charge in [-0.3, -0.25) is 9.59 Å². The topological polar surface area (TPSA) is 49.4 Å². The first-order valence-corrected chi connectivity index (χ1v) is 8.66. The molecule has 4 nitrogen and oxygen atoms in total. The van der Waals surface area contributed by atoms with Crippen LogP contribution in [0.5, 0.6) is 0 Å². The lowest BCUT2D eigenvalue weighted by atomic mass is 10.1. The molecule has 0 saturated heterocycles. The highest BCUT2D eigenvalue weighted by molar-refractivity contribution is 7.08. The van der Waals surface area contributed by atoms with E-state index in [0.717, 1.165) is 12.0 Å². The van der Waals surface area contributed by atoms with Gasteiger partial charge < -0.3 is 10.2 Å². The second kappa shape index (κ2) is 8.48. The fourth-order valence-electron chi connectivity index (χ4n) is 2.21. The van der Waals surface area contributed by atoms with Crippen molar-refractivity contribution in [2.24, 2.45) is 0 Å². The van der Waals surface area contributed by atoms with Crippen LogP contribution in [0.15, 0.2) is 41.1 Å². The summed E-state index contributed by atoms with van der Waals surface area (Å²) in [6.07, 6.45) is 1.32. The van der Waals surface area contributed by atoms with Gasteiger partial charge in [-0.1, -0.05) is 31.2 Å². The molecule has 0 bridgehead atoms. The Hall–Kier alpha value is -2.14. The maximum atomic E-state index is 12.1. The molecule has 1 aromatic heterocycles. The van der Waals surface area contributed by atoms with Crippen LogP contribution in [0.25, 0.3) is 0 Å². The predicted octanol–water partition coefficient (Wildman–Crippen LogP) is 3.09. The van der Waals surface area contributed by atoms with Gasteiger partial charge in [0.05, 0.1) is 0 Å². The Morgan fingerprint density at radius 1 is 1.13 bits per heavy atom. The number of hydrogen-bond acceptors (Lipinski definition) is 3. The lowest BCUT2D eigenvalue weighted by Gasteiger charge is -2.17. The molecule has 0 atom stereocenters. The van der Waals surface area contributed by atoms with Crippen molar-refractivity contribution in [1.29, 1.82) is 0 Å². The molecular weight excluding hydrogens is 308 g/mol. The SMILES string of the molecule is CCc1ccc(CN(C)C(=O)CCNC(=O)c2ccsc2)cc1. The summed E-state index contributed by atoms with van der Waals surface area (Å²) in [5.41, 5.74) is 3.05. The molecule has 0 spiro atoms. The summed E-state index contributed by atoms with van der Waals surface area (Å²) < 4.78 is 0. The first-order valence-electron chi connectivity index (χ1n) is 7.72. The zero-order chi connectivity index (χ0) is 16.7. The van der Waals surface area contributed by atoms with Crippen molar-refractivity contribution in [2.45, 2.75) is 26.3 Å². The Kier molecular flexibility index (Phi) is 6.35. The quantitative estimate of drug-likeness (QED) is 0.848. The summed E-state index contributed by atoms with van der Waals surface area (Å²) in [7, 11) is 1.79. The highest BCUT2D eigenvalue weighted by Crippen LogP contribution is 2.08. The Labute approximate surface area is 141 Å². The number of carbonyl (C=O) groups is 2. The van der Waals surface area contributed by atoms with E-state index in [2.05, 4.69) is 36.5 Å². The van der Waals surface area contributed by atoms with Crippen LogP contribution in [0.2, 0.25) is 0 Å². The Morgan fingerprint density at radius 2 is 1.83 bits per heavy atom. The van der Waals surface area contributed by atoms with Gasteiger partial charge in [-0.2, -0.15) is 11.3 Å². The van der Waals surface area contributed by atoms with Crippen molar-refractivity contribution in [3.63, 3.8) is 0 Å². The zero-order valence-corrected chi connectivity index (χ0v) is 14.4. The number of nitrogens with zero attached hydrogens (tertiary/aromatic N) is 1. The fraction of sp³-hybridized carbons (Fsp3) is 0.333. The average Bonchev–Trinajstić information content (AvgIpc) is 3.10. The largest absolute Gasteiger partial charge is 0.351 e. The minimum atomic E-state index is -0.128. The molecular formula is C18H22N2O2S. The van der Waals surface area contributed by atoms with E-state index >= 15 is 0 Å². The molecule has 0 aliphatic heterocycles. The first kappa shape index (κ1) is 17.2. The van der Waals surface area contributed by atoms with Crippen molar-refractivity contribution in [3.8, 4) is 0 Å². The summed E-state index contributed by atoms with van der Waals surface area (Å²) in [5, 5.41) is 6.42. The van der Waals surface area contributed by atoms with Crippen LogP contribution in [0, 0.1) is 0 Å². The van der Waals surface area contributed by atoms with E-state index in [9.17, 15) is 9.59 Å². The second-order valence-electron chi connectivity index (χ2n) is 5.44. The van der Waals surface area contributed by atoms with Gasteiger partial charge in [0.25, 0.3) is 5.91 Å². The zero-order valence-electron chi connectivity index (χ0n) is 13.5. The summed E-state index contributed by atoms with van der Waals surface area (Å²) in [6, 6.07) is 10.1. The van der Waals surface area contributed by atoms with E-state index in [4.69, 9.17) is 0 Å². The molecule has 1 heterocycles. The molecule has 2 aromatic rings. The molecule has 0 saturated carbocycles.